The van der Waals surface area contributed by atoms with Gasteiger partial charge in [-0.3, -0.25) is 14.6 Å². The first-order valence-electron chi connectivity index (χ1n) is 6.45. The fourth-order valence-electron chi connectivity index (χ4n) is 1.69. The molecular weight excluding hydrogens is 272 g/mol. The maximum atomic E-state index is 12.0. The van der Waals surface area contributed by atoms with Gasteiger partial charge in [-0.1, -0.05) is 0 Å². The molecular formula is C14H16N4O3. The van der Waals surface area contributed by atoms with Gasteiger partial charge >= 0.3 is 0 Å². The van der Waals surface area contributed by atoms with Crippen LogP contribution >= 0.6 is 0 Å². The minimum Gasteiger partial charge on any atom is -0.394 e. The van der Waals surface area contributed by atoms with E-state index >= 15 is 0 Å². The van der Waals surface area contributed by atoms with Gasteiger partial charge in [-0.2, -0.15) is 5.10 Å². The molecule has 0 aliphatic heterocycles. The highest BCUT2D eigenvalue weighted by molar-refractivity contribution is 5.94. The number of carbonyl (C=O) groups is 1. The summed E-state index contributed by atoms with van der Waals surface area (Å²) in [5.74, 6) is -0.554. The van der Waals surface area contributed by atoms with Crippen molar-refractivity contribution in [1.29, 1.82) is 0 Å². The number of hydrogen-bond donors (Lipinski definition) is 3. The lowest BCUT2D eigenvalue weighted by molar-refractivity contribution is 0.0920. The van der Waals surface area contributed by atoms with Crippen molar-refractivity contribution in [3.05, 3.63) is 46.0 Å². The van der Waals surface area contributed by atoms with E-state index in [1.807, 2.05) is 13.0 Å². The Morgan fingerprint density at radius 3 is 2.86 bits per heavy atom. The highest BCUT2D eigenvalue weighted by Gasteiger charge is 2.15. The minimum absolute atomic E-state index is 0.0547. The first-order valence-corrected chi connectivity index (χ1v) is 6.45. The molecule has 0 aromatic carbocycles. The van der Waals surface area contributed by atoms with Crippen molar-refractivity contribution in [3.63, 3.8) is 0 Å². The zero-order valence-corrected chi connectivity index (χ0v) is 11.8. The zero-order valence-electron chi connectivity index (χ0n) is 11.8. The van der Waals surface area contributed by atoms with Crippen molar-refractivity contribution in [2.45, 2.75) is 19.9 Å². The lowest BCUT2D eigenvalue weighted by Gasteiger charge is -2.10. The number of aromatic amines is 1. The van der Waals surface area contributed by atoms with Crippen molar-refractivity contribution in [2.75, 3.05) is 6.61 Å². The number of nitrogens with zero attached hydrogens (tertiary/aromatic N) is 2. The molecule has 21 heavy (non-hydrogen) atoms. The average Bonchev–Trinajstić information content (AvgIpc) is 2.48. The van der Waals surface area contributed by atoms with E-state index < -0.39 is 17.5 Å². The van der Waals surface area contributed by atoms with Gasteiger partial charge < -0.3 is 10.4 Å². The summed E-state index contributed by atoms with van der Waals surface area (Å²) in [5, 5.41) is 17.7. The van der Waals surface area contributed by atoms with Crippen LogP contribution < -0.4 is 10.9 Å². The first kappa shape index (κ1) is 14.9. The number of hydrogen-bond acceptors (Lipinski definition) is 5. The number of pyridine rings is 1. The molecule has 1 unspecified atom stereocenters. The SMILES string of the molecule is Cc1ccc(-c2cc(C(=O)NC(C)CO)c(=O)[nH]n2)cn1. The molecule has 0 bridgehead atoms. The topological polar surface area (TPSA) is 108 Å². The zero-order chi connectivity index (χ0) is 15.4. The van der Waals surface area contributed by atoms with Crippen LogP contribution in [0.5, 0.6) is 0 Å². The number of aliphatic hydroxyl groups excluding tert-OH is 1. The van der Waals surface area contributed by atoms with E-state index in [-0.39, 0.29) is 12.2 Å². The van der Waals surface area contributed by atoms with Crippen LogP contribution in [0.4, 0.5) is 0 Å². The Balaban J connectivity index is 2.35. The maximum Gasteiger partial charge on any atom is 0.277 e. The molecule has 2 heterocycles. The molecule has 110 valence electrons. The Kier molecular flexibility index (Phi) is 4.44. The van der Waals surface area contributed by atoms with Gasteiger partial charge in [-0.05, 0) is 32.0 Å². The molecule has 0 aliphatic carbocycles. The number of amides is 1. The third-order valence-electron chi connectivity index (χ3n) is 2.91. The molecule has 1 amide bonds. The summed E-state index contributed by atoms with van der Waals surface area (Å²) in [6, 6.07) is 4.59. The standard InChI is InChI=1S/C14H16N4O3/c1-8-3-4-10(6-15-8)12-5-11(14(21)18-17-12)13(20)16-9(2)7-19/h3-6,9,19H,7H2,1-2H3,(H,16,20)(H,18,21). The maximum absolute atomic E-state index is 12.0. The first-order chi connectivity index (χ1) is 10.0. The fraction of sp³-hybridized carbons (Fsp3) is 0.286. The lowest BCUT2D eigenvalue weighted by atomic mass is 10.1. The summed E-state index contributed by atoms with van der Waals surface area (Å²) in [4.78, 5) is 27.8. The smallest absolute Gasteiger partial charge is 0.277 e. The Labute approximate surface area is 121 Å². The Morgan fingerprint density at radius 1 is 1.48 bits per heavy atom. The van der Waals surface area contributed by atoms with E-state index in [1.165, 1.54) is 6.07 Å². The summed E-state index contributed by atoms with van der Waals surface area (Å²) in [6.45, 7) is 3.29. The van der Waals surface area contributed by atoms with Crippen LogP contribution in [-0.4, -0.2) is 38.8 Å². The van der Waals surface area contributed by atoms with Crippen LogP contribution in [0, 0.1) is 6.92 Å². The number of aromatic nitrogens is 3. The third-order valence-corrected chi connectivity index (χ3v) is 2.91. The summed E-state index contributed by atoms with van der Waals surface area (Å²) >= 11 is 0. The van der Waals surface area contributed by atoms with Crippen LogP contribution in [0.25, 0.3) is 11.3 Å². The Hall–Kier alpha value is -2.54. The van der Waals surface area contributed by atoms with Gasteiger partial charge in [0.2, 0.25) is 0 Å². The number of nitrogens with one attached hydrogen (secondary N) is 2. The normalized spacial score (nSPS) is 12.0. The number of H-pyrrole nitrogens is 1. The van der Waals surface area contributed by atoms with Gasteiger partial charge in [-0.15, -0.1) is 0 Å². The molecule has 1 atom stereocenters. The van der Waals surface area contributed by atoms with E-state index in [4.69, 9.17) is 5.11 Å². The van der Waals surface area contributed by atoms with Gasteiger partial charge in [0.05, 0.1) is 12.3 Å². The van der Waals surface area contributed by atoms with Gasteiger partial charge in [0.15, 0.2) is 0 Å². The fourth-order valence-corrected chi connectivity index (χ4v) is 1.69. The highest BCUT2D eigenvalue weighted by Crippen LogP contribution is 2.15. The minimum atomic E-state index is -0.582. The molecule has 7 nitrogen and oxygen atoms in total. The molecule has 3 N–H and O–H groups in total. The predicted molar refractivity (Wildman–Crippen MR) is 76.8 cm³/mol. The van der Waals surface area contributed by atoms with Crippen molar-refractivity contribution in [1.82, 2.24) is 20.5 Å². The summed E-state index contributed by atoms with van der Waals surface area (Å²) in [5.41, 5.74) is 1.37. The molecule has 0 aliphatic rings. The van der Waals surface area contributed by atoms with Gasteiger partial charge in [0.25, 0.3) is 11.5 Å². The van der Waals surface area contributed by atoms with E-state index in [9.17, 15) is 9.59 Å². The average molecular weight is 288 g/mol. The monoisotopic (exact) mass is 288 g/mol. The predicted octanol–water partition coefficient (Wildman–Crippen LogP) is 0.251. The van der Waals surface area contributed by atoms with Crippen LogP contribution in [-0.2, 0) is 0 Å². The summed E-state index contributed by atoms with van der Waals surface area (Å²) in [7, 11) is 0. The van der Waals surface area contributed by atoms with E-state index in [1.54, 1.807) is 19.2 Å². The van der Waals surface area contributed by atoms with Crippen molar-refractivity contribution in [2.24, 2.45) is 0 Å². The third kappa shape index (κ3) is 3.51. The largest absolute Gasteiger partial charge is 0.394 e. The van der Waals surface area contributed by atoms with Crippen LogP contribution in [0.3, 0.4) is 0 Å². The number of aryl methyl sites for hydroxylation is 1. The second kappa shape index (κ2) is 6.27. The Morgan fingerprint density at radius 2 is 2.24 bits per heavy atom. The van der Waals surface area contributed by atoms with Crippen LogP contribution in [0.2, 0.25) is 0 Å². The van der Waals surface area contributed by atoms with Gasteiger partial charge in [0.1, 0.15) is 5.56 Å². The van der Waals surface area contributed by atoms with Crippen molar-refractivity contribution in [3.8, 4) is 11.3 Å². The van der Waals surface area contributed by atoms with Crippen LogP contribution in [0.1, 0.15) is 23.0 Å². The molecule has 2 aromatic rings. The second-order valence-electron chi connectivity index (χ2n) is 4.74. The quantitative estimate of drug-likeness (QED) is 0.747. The molecule has 0 radical (unpaired) electrons. The van der Waals surface area contributed by atoms with Crippen molar-refractivity contribution < 1.29 is 9.90 Å². The number of aliphatic hydroxyl groups is 1. The van der Waals surface area contributed by atoms with E-state index in [0.717, 1.165) is 5.69 Å². The highest BCUT2D eigenvalue weighted by atomic mass is 16.3. The van der Waals surface area contributed by atoms with Gasteiger partial charge in [0, 0.05) is 23.5 Å². The van der Waals surface area contributed by atoms with E-state index in [0.29, 0.717) is 11.3 Å². The van der Waals surface area contributed by atoms with Crippen molar-refractivity contribution >= 4 is 5.91 Å². The molecule has 0 saturated carbocycles. The number of carbonyl (C=O) groups excluding carboxylic acids is 1. The van der Waals surface area contributed by atoms with Gasteiger partial charge in [-0.25, -0.2) is 5.10 Å². The molecule has 2 rings (SSSR count). The molecule has 0 spiro atoms. The summed E-state index contributed by atoms with van der Waals surface area (Å²) in [6.07, 6.45) is 1.62. The van der Waals surface area contributed by atoms with Crippen LogP contribution in [0.15, 0.2) is 29.2 Å². The second-order valence-corrected chi connectivity index (χ2v) is 4.74. The molecule has 0 saturated heterocycles. The number of rotatable bonds is 4. The Bertz CT molecular complexity index is 694. The molecule has 7 heteroatoms. The van der Waals surface area contributed by atoms with E-state index in [2.05, 4.69) is 20.5 Å². The lowest BCUT2D eigenvalue weighted by Crippen LogP contribution is -2.38. The summed E-state index contributed by atoms with van der Waals surface area (Å²) < 4.78 is 0. The molecule has 0 fully saturated rings. The molecule has 2 aromatic heterocycles.